The molecule has 0 aromatic rings. The standard InChI is InChI=1S/C11H21NO2/c1-8(2)6-9(3)12-5-4-10(7-12)11(13)14/h8-10H,4-7H2,1-3H3,(H,13,14). The second kappa shape index (κ2) is 4.78. The summed E-state index contributed by atoms with van der Waals surface area (Å²) in [7, 11) is 0. The Labute approximate surface area is 86.1 Å². The molecule has 1 heterocycles. The smallest absolute Gasteiger partial charge is 0.307 e. The van der Waals surface area contributed by atoms with Crippen LogP contribution in [0.4, 0.5) is 0 Å². The lowest BCUT2D eigenvalue weighted by Crippen LogP contribution is -2.32. The number of aliphatic carboxylic acids is 1. The molecule has 1 saturated heterocycles. The van der Waals surface area contributed by atoms with E-state index in [9.17, 15) is 4.79 Å². The number of carbonyl (C=O) groups is 1. The monoisotopic (exact) mass is 199 g/mol. The van der Waals surface area contributed by atoms with Gasteiger partial charge in [0.25, 0.3) is 0 Å². The molecule has 0 saturated carbocycles. The van der Waals surface area contributed by atoms with Gasteiger partial charge in [-0.1, -0.05) is 13.8 Å². The van der Waals surface area contributed by atoms with Gasteiger partial charge in [0.2, 0.25) is 0 Å². The van der Waals surface area contributed by atoms with E-state index in [4.69, 9.17) is 5.11 Å². The molecule has 3 nitrogen and oxygen atoms in total. The summed E-state index contributed by atoms with van der Waals surface area (Å²) in [4.78, 5) is 13.1. The first-order valence-corrected chi connectivity index (χ1v) is 5.47. The van der Waals surface area contributed by atoms with Crippen molar-refractivity contribution in [2.45, 2.75) is 39.7 Å². The molecule has 2 atom stereocenters. The summed E-state index contributed by atoms with van der Waals surface area (Å²) in [6.45, 7) is 8.31. The van der Waals surface area contributed by atoms with Crippen LogP contribution in [-0.2, 0) is 4.79 Å². The SMILES string of the molecule is CC(C)CC(C)N1CCC(C(=O)O)C1. The zero-order valence-corrected chi connectivity index (χ0v) is 9.36. The molecule has 0 radical (unpaired) electrons. The summed E-state index contributed by atoms with van der Waals surface area (Å²) in [5.74, 6) is -0.0808. The third-order valence-corrected chi connectivity index (χ3v) is 3.00. The first kappa shape index (κ1) is 11.5. The molecule has 0 aromatic heterocycles. The van der Waals surface area contributed by atoms with E-state index in [2.05, 4.69) is 25.7 Å². The van der Waals surface area contributed by atoms with Crippen molar-refractivity contribution in [2.75, 3.05) is 13.1 Å². The fourth-order valence-corrected chi connectivity index (χ4v) is 2.22. The largest absolute Gasteiger partial charge is 0.481 e. The molecule has 1 fully saturated rings. The van der Waals surface area contributed by atoms with E-state index in [1.807, 2.05) is 0 Å². The highest BCUT2D eigenvalue weighted by atomic mass is 16.4. The molecule has 14 heavy (non-hydrogen) atoms. The van der Waals surface area contributed by atoms with E-state index >= 15 is 0 Å². The molecule has 0 spiro atoms. The van der Waals surface area contributed by atoms with E-state index in [1.165, 1.54) is 0 Å². The highest BCUT2D eigenvalue weighted by Gasteiger charge is 2.30. The highest BCUT2D eigenvalue weighted by Crippen LogP contribution is 2.21. The van der Waals surface area contributed by atoms with Crippen LogP contribution in [0.3, 0.4) is 0 Å². The van der Waals surface area contributed by atoms with E-state index in [0.717, 1.165) is 25.9 Å². The molecule has 2 unspecified atom stereocenters. The Balaban J connectivity index is 2.37. The molecule has 1 aliphatic rings. The maximum Gasteiger partial charge on any atom is 0.307 e. The van der Waals surface area contributed by atoms with Gasteiger partial charge in [-0.3, -0.25) is 9.69 Å². The molecular formula is C11H21NO2. The normalized spacial score (nSPS) is 25.6. The van der Waals surface area contributed by atoms with E-state index < -0.39 is 5.97 Å². The zero-order valence-electron chi connectivity index (χ0n) is 9.36. The Morgan fingerprint density at radius 2 is 2.14 bits per heavy atom. The summed E-state index contributed by atoms with van der Waals surface area (Å²) in [5.41, 5.74) is 0. The third-order valence-electron chi connectivity index (χ3n) is 3.00. The number of hydrogen-bond donors (Lipinski definition) is 1. The molecule has 82 valence electrons. The number of hydrogen-bond acceptors (Lipinski definition) is 2. The van der Waals surface area contributed by atoms with Gasteiger partial charge in [0.1, 0.15) is 0 Å². The van der Waals surface area contributed by atoms with E-state index in [1.54, 1.807) is 0 Å². The number of likely N-dealkylation sites (tertiary alicyclic amines) is 1. The summed E-state index contributed by atoms with van der Waals surface area (Å²) in [6.07, 6.45) is 1.98. The average molecular weight is 199 g/mol. The molecule has 1 rings (SSSR count). The second-order valence-corrected chi connectivity index (χ2v) is 4.80. The Hall–Kier alpha value is -0.570. The average Bonchev–Trinajstić information content (AvgIpc) is 2.50. The van der Waals surface area contributed by atoms with Gasteiger partial charge in [-0.2, -0.15) is 0 Å². The van der Waals surface area contributed by atoms with Gasteiger partial charge in [-0.15, -0.1) is 0 Å². The predicted octanol–water partition coefficient (Wildman–Crippen LogP) is 1.83. The lowest BCUT2D eigenvalue weighted by atomic mass is 10.0. The van der Waals surface area contributed by atoms with Crippen LogP contribution in [0.25, 0.3) is 0 Å². The van der Waals surface area contributed by atoms with E-state index in [0.29, 0.717) is 12.0 Å². The Kier molecular flexibility index (Phi) is 3.93. The molecular weight excluding hydrogens is 178 g/mol. The molecule has 0 aliphatic carbocycles. The van der Waals surface area contributed by atoms with Crippen LogP contribution < -0.4 is 0 Å². The lowest BCUT2D eigenvalue weighted by Gasteiger charge is -2.25. The van der Waals surface area contributed by atoms with Crippen molar-refractivity contribution in [3.8, 4) is 0 Å². The van der Waals surface area contributed by atoms with Crippen molar-refractivity contribution < 1.29 is 9.90 Å². The van der Waals surface area contributed by atoms with Crippen molar-refractivity contribution in [3.63, 3.8) is 0 Å². The molecule has 0 aromatic carbocycles. The molecule has 1 N–H and O–H groups in total. The molecule has 3 heteroatoms. The predicted molar refractivity (Wildman–Crippen MR) is 56.2 cm³/mol. The van der Waals surface area contributed by atoms with Crippen molar-refractivity contribution in [1.82, 2.24) is 4.90 Å². The number of carboxylic acids is 1. The highest BCUT2D eigenvalue weighted by molar-refractivity contribution is 5.70. The van der Waals surface area contributed by atoms with Gasteiger partial charge in [-0.25, -0.2) is 0 Å². The van der Waals surface area contributed by atoms with Gasteiger partial charge >= 0.3 is 5.97 Å². The minimum Gasteiger partial charge on any atom is -0.481 e. The van der Waals surface area contributed by atoms with E-state index in [-0.39, 0.29) is 5.92 Å². The first-order chi connectivity index (χ1) is 6.50. The molecule has 0 amide bonds. The van der Waals surface area contributed by atoms with Crippen molar-refractivity contribution in [3.05, 3.63) is 0 Å². The lowest BCUT2D eigenvalue weighted by molar-refractivity contribution is -0.141. The van der Waals surface area contributed by atoms with Crippen molar-refractivity contribution in [1.29, 1.82) is 0 Å². The maximum atomic E-state index is 10.8. The summed E-state index contributed by atoms with van der Waals surface area (Å²) < 4.78 is 0. The van der Waals surface area contributed by atoms with Crippen LogP contribution in [0.2, 0.25) is 0 Å². The zero-order chi connectivity index (χ0) is 10.7. The van der Waals surface area contributed by atoms with Crippen LogP contribution in [0.5, 0.6) is 0 Å². The number of rotatable bonds is 4. The summed E-state index contributed by atoms with van der Waals surface area (Å²) in [5, 5.41) is 8.87. The van der Waals surface area contributed by atoms with Crippen LogP contribution in [0.1, 0.15) is 33.6 Å². The maximum absolute atomic E-state index is 10.8. The van der Waals surface area contributed by atoms with Gasteiger partial charge in [-0.05, 0) is 32.2 Å². The summed E-state index contributed by atoms with van der Waals surface area (Å²) in [6, 6.07) is 0.527. The Bertz CT molecular complexity index is 203. The van der Waals surface area contributed by atoms with Crippen molar-refractivity contribution in [2.24, 2.45) is 11.8 Å². The number of nitrogens with zero attached hydrogens (tertiary/aromatic N) is 1. The fraction of sp³-hybridized carbons (Fsp3) is 0.909. The van der Waals surface area contributed by atoms with Gasteiger partial charge < -0.3 is 5.11 Å². The minimum absolute atomic E-state index is 0.135. The van der Waals surface area contributed by atoms with Gasteiger partial charge in [0.05, 0.1) is 5.92 Å². The quantitative estimate of drug-likeness (QED) is 0.751. The van der Waals surface area contributed by atoms with Crippen LogP contribution in [0, 0.1) is 11.8 Å². The van der Waals surface area contributed by atoms with Crippen LogP contribution in [-0.4, -0.2) is 35.1 Å². The second-order valence-electron chi connectivity index (χ2n) is 4.80. The number of carboxylic acid groups (broad SMARTS) is 1. The molecule has 0 bridgehead atoms. The minimum atomic E-state index is -0.635. The summed E-state index contributed by atoms with van der Waals surface area (Å²) >= 11 is 0. The van der Waals surface area contributed by atoms with Gasteiger partial charge in [0.15, 0.2) is 0 Å². The van der Waals surface area contributed by atoms with Crippen LogP contribution >= 0.6 is 0 Å². The Morgan fingerprint density at radius 1 is 1.50 bits per heavy atom. The topological polar surface area (TPSA) is 40.5 Å². The fourth-order valence-electron chi connectivity index (χ4n) is 2.22. The van der Waals surface area contributed by atoms with Crippen LogP contribution in [0.15, 0.2) is 0 Å². The Morgan fingerprint density at radius 3 is 2.57 bits per heavy atom. The van der Waals surface area contributed by atoms with Gasteiger partial charge in [0, 0.05) is 12.6 Å². The first-order valence-electron chi connectivity index (χ1n) is 5.47. The third kappa shape index (κ3) is 2.98. The van der Waals surface area contributed by atoms with Crippen molar-refractivity contribution >= 4 is 5.97 Å². The molecule has 1 aliphatic heterocycles.